The summed E-state index contributed by atoms with van der Waals surface area (Å²) in [5.74, 6) is -0.0949. The molecule has 1 atom stereocenters. The van der Waals surface area contributed by atoms with E-state index in [4.69, 9.17) is 5.11 Å². The molecular weight excluding hydrogens is 156 g/mol. The van der Waals surface area contributed by atoms with Crippen LogP contribution in [0.4, 0.5) is 0 Å². The minimum Gasteiger partial charge on any atom is -0.435 e. The molecule has 0 aliphatic heterocycles. The Balaban J connectivity index is 2.59. The minimum absolute atomic E-state index is 0.276. The number of carbonyl (C=O) groups excluding carboxylic acids is 1. The van der Waals surface area contributed by atoms with Gasteiger partial charge in [0.05, 0.1) is 0 Å². The van der Waals surface area contributed by atoms with Crippen molar-refractivity contribution in [1.29, 1.82) is 0 Å². The Morgan fingerprint density at radius 2 is 2.58 bits per heavy atom. The molecule has 3 nitrogen and oxygen atoms in total. The van der Waals surface area contributed by atoms with Crippen LogP contribution in [0.3, 0.4) is 0 Å². The standard InChI is InChI=1S/C9H14O3/c1-7-4-2-3-5-8(7)9(11)12-6-10/h5,7,10H,2-4,6H2,1H3. The van der Waals surface area contributed by atoms with Gasteiger partial charge >= 0.3 is 5.97 Å². The van der Waals surface area contributed by atoms with Gasteiger partial charge in [-0.3, -0.25) is 0 Å². The van der Waals surface area contributed by atoms with E-state index in [1.165, 1.54) is 0 Å². The SMILES string of the molecule is CC1CCCC=C1C(=O)OCO. The number of carbonyl (C=O) groups is 1. The van der Waals surface area contributed by atoms with E-state index in [0.29, 0.717) is 0 Å². The molecule has 1 N–H and O–H groups in total. The van der Waals surface area contributed by atoms with Crippen LogP contribution in [-0.2, 0) is 9.53 Å². The second-order valence-corrected chi connectivity index (χ2v) is 3.05. The number of ether oxygens (including phenoxy) is 1. The Morgan fingerprint density at radius 1 is 1.83 bits per heavy atom. The van der Waals surface area contributed by atoms with Crippen LogP contribution in [0.1, 0.15) is 26.2 Å². The first-order chi connectivity index (χ1) is 5.75. The number of allylic oxidation sites excluding steroid dienone is 1. The van der Waals surface area contributed by atoms with Crippen LogP contribution in [0.2, 0.25) is 0 Å². The van der Waals surface area contributed by atoms with Crippen molar-refractivity contribution in [3.05, 3.63) is 11.6 Å². The van der Waals surface area contributed by atoms with Crippen LogP contribution in [0.25, 0.3) is 0 Å². The predicted octanol–water partition coefficient (Wildman–Crippen LogP) is 1.23. The molecule has 0 fully saturated rings. The third kappa shape index (κ3) is 2.08. The lowest BCUT2D eigenvalue weighted by atomic mass is 9.89. The molecule has 1 unspecified atom stereocenters. The van der Waals surface area contributed by atoms with Crippen molar-refractivity contribution in [1.82, 2.24) is 0 Å². The Kier molecular flexibility index (Phi) is 3.29. The lowest BCUT2D eigenvalue weighted by Gasteiger charge is -2.18. The van der Waals surface area contributed by atoms with E-state index >= 15 is 0 Å². The highest BCUT2D eigenvalue weighted by Gasteiger charge is 2.20. The molecule has 0 heterocycles. The highest BCUT2D eigenvalue weighted by Crippen LogP contribution is 2.24. The molecular formula is C9H14O3. The summed E-state index contributed by atoms with van der Waals surface area (Å²) in [7, 11) is 0. The van der Waals surface area contributed by atoms with E-state index in [9.17, 15) is 4.79 Å². The van der Waals surface area contributed by atoms with Crippen molar-refractivity contribution >= 4 is 5.97 Å². The van der Waals surface area contributed by atoms with E-state index in [0.717, 1.165) is 24.8 Å². The van der Waals surface area contributed by atoms with Crippen LogP contribution >= 0.6 is 0 Å². The summed E-state index contributed by atoms with van der Waals surface area (Å²) in [5.41, 5.74) is 0.718. The van der Waals surface area contributed by atoms with E-state index < -0.39 is 6.79 Å². The maximum Gasteiger partial charge on any atom is 0.336 e. The smallest absolute Gasteiger partial charge is 0.336 e. The third-order valence-electron chi connectivity index (χ3n) is 2.17. The van der Waals surface area contributed by atoms with E-state index in [1.807, 2.05) is 13.0 Å². The summed E-state index contributed by atoms with van der Waals surface area (Å²) in [6.07, 6.45) is 5.02. The summed E-state index contributed by atoms with van der Waals surface area (Å²) in [4.78, 5) is 11.2. The van der Waals surface area contributed by atoms with Gasteiger partial charge in [-0.2, -0.15) is 0 Å². The van der Waals surface area contributed by atoms with Gasteiger partial charge in [0.15, 0.2) is 6.79 Å². The van der Waals surface area contributed by atoms with Gasteiger partial charge in [-0.1, -0.05) is 13.0 Å². The van der Waals surface area contributed by atoms with Crippen LogP contribution in [0.15, 0.2) is 11.6 Å². The summed E-state index contributed by atoms with van der Waals surface area (Å²) in [6.45, 7) is 1.48. The van der Waals surface area contributed by atoms with Gasteiger partial charge in [-0.05, 0) is 25.2 Å². The Morgan fingerprint density at radius 3 is 3.17 bits per heavy atom. The first kappa shape index (κ1) is 9.26. The number of aliphatic hydroxyl groups excluding tert-OH is 1. The number of esters is 1. The zero-order valence-corrected chi connectivity index (χ0v) is 7.25. The maximum absolute atomic E-state index is 11.2. The van der Waals surface area contributed by atoms with E-state index in [1.54, 1.807) is 0 Å². The Bertz CT molecular complexity index is 196. The summed E-state index contributed by atoms with van der Waals surface area (Å²) in [6, 6.07) is 0. The lowest BCUT2D eigenvalue weighted by molar-refractivity contribution is -0.147. The second kappa shape index (κ2) is 4.26. The number of hydrogen-bond acceptors (Lipinski definition) is 3. The molecule has 0 saturated heterocycles. The fourth-order valence-electron chi connectivity index (χ4n) is 1.46. The first-order valence-electron chi connectivity index (χ1n) is 4.23. The lowest BCUT2D eigenvalue weighted by Crippen LogP contribution is -2.16. The van der Waals surface area contributed by atoms with Crippen molar-refractivity contribution < 1.29 is 14.6 Å². The third-order valence-corrected chi connectivity index (χ3v) is 2.17. The summed E-state index contributed by atoms with van der Waals surface area (Å²) in [5, 5.41) is 8.38. The van der Waals surface area contributed by atoms with Crippen LogP contribution in [0.5, 0.6) is 0 Å². The molecule has 0 spiro atoms. The zero-order chi connectivity index (χ0) is 8.97. The number of hydrogen-bond donors (Lipinski definition) is 1. The largest absolute Gasteiger partial charge is 0.435 e. The Labute approximate surface area is 72.0 Å². The van der Waals surface area contributed by atoms with Crippen molar-refractivity contribution in [2.45, 2.75) is 26.2 Å². The number of rotatable bonds is 2. The summed E-state index contributed by atoms with van der Waals surface area (Å²) >= 11 is 0. The van der Waals surface area contributed by atoms with Crippen LogP contribution < -0.4 is 0 Å². The van der Waals surface area contributed by atoms with Crippen molar-refractivity contribution in [3.63, 3.8) is 0 Å². The topological polar surface area (TPSA) is 46.5 Å². The van der Waals surface area contributed by atoms with Gasteiger partial charge in [0, 0.05) is 5.57 Å². The van der Waals surface area contributed by atoms with Gasteiger partial charge in [0.25, 0.3) is 0 Å². The molecule has 0 aromatic carbocycles. The van der Waals surface area contributed by atoms with Crippen molar-refractivity contribution in [2.24, 2.45) is 5.92 Å². The molecule has 68 valence electrons. The minimum atomic E-state index is -0.525. The second-order valence-electron chi connectivity index (χ2n) is 3.05. The highest BCUT2D eigenvalue weighted by molar-refractivity contribution is 5.89. The molecule has 0 amide bonds. The van der Waals surface area contributed by atoms with Gasteiger partial charge in [-0.15, -0.1) is 0 Å². The normalized spacial score (nSPS) is 23.2. The van der Waals surface area contributed by atoms with Gasteiger partial charge in [-0.25, -0.2) is 4.79 Å². The maximum atomic E-state index is 11.2. The fraction of sp³-hybridized carbons (Fsp3) is 0.667. The molecule has 0 radical (unpaired) electrons. The molecule has 1 aliphatic carbocycles. The molecule has 0 bridgehead atoms. The Hall–Kier alpha value is -0.830. The van der Waals surface area contributed by atoms with Gasteiger partial charge < -0.3 is 9.84 Å². The van der Waals surface area contributed by atoms with Crippen LogP contribution in [0, 0.1) is 5.92 Å². The monoisotopic (exact) mass is 170 g/mol. The van der Waals surface area contributed by atoms with Crippen molar-refractivity contribution in [3.8, 4) is 0 Å². The van der Waals surface area contributed by atoms with Crippen LogP contribution in [-0.4, -0.2) is 17.9 Å². The van der Waals surface area contributed by atoms with E-state index in [-0.39, 0.29) is 11.9 Å². The molecule has 0 aromatic rings. The van der Waals surface area contributed by atoms with E-state index in [2.05, 4.69) is 4.74 Å². The van der Waals surface area contributed by atoms with Gasteiger partial charge in [0.2, 0.25) is 0 Å². The molecule has 3 heteroatoms. The highest BCUT2D eigenvalue weighted by atomic mass is 16.6. The molecule has 0 aromatic heterocycles. The zero-order valence-electron chi connectivity index (χ0n) is 7.25. The van der Waals surface area contributed by atoms with Crippen molar-refractivity contribution in [2.75, 3.05) is 6.79 Å². The average Bonchev–Trinajstić information content (AvgIpc) is 2.05. The summed E-state index contributed by atoms with van der Waals surface area (Å²) < 4.78 is 4.50. The fourth-order valence-corrected chi connectivity index (χ4v) is 1.46. The first-order valence-corrected chi connectivity index (χ1v) is 4.23. The molecule has 12 heavy (non-hydrogen) atoms. The molecule has 1 rings (SSSR count). The molecule has 1 aliphatic rings. The molecule has 0 saturated carbocycles. The number of aliphatic hydroxyl groups is 1. The predicted molar refractivity (Wildman–Crippen MR) is 44.3 cm³/mol. The quantitative estimate of drug-likeness (QED) is 0.500. The van der Waals surface area contributed by atoms with Gasteiger partial charge in [0.1, 0.15) is 0 Å². The average molecular weight is 170 g/mol.